The van der Waals surface area contributed by atoms with Gasteiger partial charge in [0.25, 0.3) is 0 Å². The Balaban J connectivity index is 0.00000289. The normalized spacial score (nSPS) is 14.1. The Bertz CT molecular complexity index is 1050. The van der Waals surface area contributed by atoms with E-state index in [9.17, 15) is 4.39 Å². The topological polar surface area (TPSA) is 68.7 Å². The predicted octanol–water partition coefficient (Wildman–Crippen LogP) is 4.70. The van der Waals surface area contributed by atoms with E-state index in [-0.39, 0.29) is 17.4 Å². The quantitative estimate of drug-likeness (QED) is 0.466. The van der Waals surface area contributed by atoms with Crippen LogP contribution in [-0.4, -0.2) is 61.4 Å². The number of hydrogen-bond acceptors (Lipinski definition) is 7. The molecule has 4 rings (SSSR count). The largest absolute Gasteiger partial charge is 0.493 e. The summed E-state index contributed by atoms with van der Waals surface area (Å²) in [6.45, 7) is 4.99. The summed E-state index contributed by atoms with van der Waals surface area (Å²) < 4.78 is 30.7. The molecule has 7 nitrogen and oxygen atoms in total. The minimum Gasteiger partial charge on any atom is -0.493 e. The molecule has 0 unspecified atom stereocenters. The molecule has 1 N–H and O–H groups in total. The summed E-state index contributed by atoms with van der Waals surface area (Å²) >= 11 is 5.77. The highest BCUT2D eigenvalue weighted by Gasteiger charge is 2.14. The number of halogens is 3. The van der Waals surface area contributed by atoms with Crippen molar-refractivity contribution in [2.24, 2.45) is 0 Å². The highest BCUT2D eigenvalue weighted by atomic mass is 35.5. The van der Waals surface area contributed by atoms with Crippen LogP contribution in [0.4, 0.5) is 15.9 Å². The molecule has 3 aromatic rings. The first kappa shape index (κ1) is 24.3. The summed E-state index contributed by atoms with van der Waals surface area (Å²) in [5.74, 6) is 1.24. The van der Waals surface area contributed by atoms with E-state index in [1.807, 2.05) is 12.1 Å². The number of nitrogens with one attached hydrogen (secondary N) is 1. The minimum absolute atomic E-state index is 0. The molecule has 10 heteroatoms. The smallest absolute Gasteiger partial charge is 0.162 e. The van der Waals surface area contributed by atoms with Gasteiger partial charge in [-0.2, -0.15) is 0 Å². The maximum Gasteiger partial charge on any atom is 0.162 e. The van der Waals surface area contributed by atoms with Crippen LogP contribution in [0.25, 0.3) is 10.9 Å². The fraction of sp³-hybridized carbons (Fsp3) is 0.364. The first-order valence-corrected chi connectivity index (χ1v) is 10.5. The maximum absolute atomic E-state index is 13.8. The fourth-order valence-electron chi connectivity index (χ4n) is 3.44. The van der Waals surface area contributed by atoms with Crippen molar-refractivity contribution in [1.29, 1.82) is 0 Å². The lowest BCUT2D eigenvalue weighted by Gasteiger charge is -2.26. The first-order valence-electron chi connectivity index (χ1n) is 10.1. The summed E-state index contributed by atoms with van der Waals surface area (Å²) in [4.78, 5) is 11.0. The van der Waals surface area contributed by atoms with Crippen molar-refractivity contribution in [3.8, 4) is 11.5 Å². The van der Waals surface area contributed by atoms with Gasteiger partial charge in [0.05, 0.1) is 37.5 Å². The van der Waals surface area contributed by atoms with Gasteiger partial charge in [-0.05, 0) is 30.7 Å². The van der Waals surface area contributed by atoms with Gasteiger partial charge in [0.2, 0.25) is 0 Å². The number of anilines is 2. The van der Waals surface area contributed by atoms with Crippen LogP contribution in [0.5, 0.6) is 11.5 Å². The Morgan fingerprint density at radius 2 is 1.97 bits per heavy atom. The molecule has 1 saturated heterocycles. The van der Waals surface area contributed by atoms with Crippen LogP contribution >= 0.6 is 24.0 Å². The molecule has 32 heavy (non-hydrogen) atoms. The van der Waals surface area contributed by atoms with Gasteiger partial charge in [0, 0.05) is 36.8 Å². The minimum atomic E-state index is -0.504. The van der Waals surface area contributed by atoms with Gasteiger partial charge in [0.15, 0.2) is 11.5 Å². The van der Waals surface area contributed by atoms with Crippen molar-refractivity contribution in [1.82, 2.24) is 14.9 Å². The van der Waals surface area contributed by atoms with Crippen LogP contribution < -0.4 is 14.8 Å². The molecule has 0 bridgehead atoms. The molecule has 0 amide bonds. The molecular formula is C22H25Cl2FN4O3. The van der Waals surface area contributed by atoms with E-state index in [2.05, 4.69) is 20.2 Å². The summed E-state index contributed by atoms with van der Waals surface area (Å²) in [6.07, 6.45) is 2.33. The van der Waals surface area contributed by atoms with Crippen molar-refractivity contribution < 1.29 is 18.6 Å². The van der Waals surface area contributed by atoms with Crippen LogP contribution in [0.1, 0.15) is 6.42 Å². The third kappa shape index (κ3) is 5.89. The Morgan fingerprint density at radius 3 is 2.72 bits per heavy atom. The molecule has 1 aliphatic rings. The van der Waals surface area contributed by atoms with E-state index in [0.717, 1.165) is 44.7 Å². The molecule has 1 fully saturated rings. The van der Waals surface area contributed by atoms with Crippen molar-refractivity contribution in [3.05, 3.63) is 47.5 Å². The highest BCUT2D eigenvalue weighted by molar-refractivity contribution is 6.30. The Labute approximate surface area is 197 Å². The standard InChI is InChI=1S/C22H24ClFN4O3.ClH/c1-29-20-13-19-16(12-21(20)31-8-2-5-28-6-9-30-10-7-28)22(26-14-25-19)27-15-3-4-17(23)18(24)11-15;/h3-4,11-14H,2,5-10H2,1H3,(H,25,26,27);1H. The monoisotopic (exact) mass is 482 g/mol. The number of rotatable bonds is 8. The zero-order valence-electron chi connectivity index (χ0n) is 17.6. The third-order valence-corrected chi connectivity index (χ3v) is 5.39. The zero-order chi connectivity index (χ0) is 21.6. The lowest BCUT2D eigenvalue weighted by atomic mass is 10.2. The van der Waals surface area contributed by atoms with Crippen molar-refractivity contribution >= 4 is 46.4 Å². The Hall–Kier alpha value is -2.39. The summed E-state index contributed by atoms with van der Waals surface area (Å²) in [6, 6.07) is 8.16. The molecule has 172 valence electrons. The molecular weight excluding hydrogens is 458 g/mol. The van der Waals surface area contributed by atoms with Gasteiger partial charge < -0.3 is 19.5 Å². The second-order valence-electron chi connectivity index (χ2n) is 7.15. The maximum atomic E-state index is 13.8. The average Bonchev–Trinajstić information content (AvgIpc) is 2.79. The second-order valence-corrected chi connectivity index (χ2v) is 7.56. The van der Waals surface area contributed by atoms with E-state index in [4.69, 9.17) is 25.8 Å². The number of methoxy groups -OCH3 is 1. The van der Waals surface area contributed by atoms with Crippen molar-refractivity contribution in [3.63, 3.8) is 0 Å². The first-order chi connectivity index (χ1) is 15.1. The highest BCUT2D eigenvalue weighted by Crippen LogP contribution is 2.35. The Morgan fingerprint density at radius 1 is 1.16 bits per heavy atom. The molecule has 0 aliphatic carbocycles. The van der Waals surface area contributed by atoms with Gasteiger partial charge in [-0.1, -0.05) is 11.6 Å². The third-order valence-electron chi connectivity index (χ3n) is 5.08. The lowest BCUT2D eigenvalue weighted by molar-refractivity contribution is 0.0357. The van der Waals surface area contributed by atoms with E-state index in [1.165, 1.54) is 18.5 Å². The molecule has 2 aromatic carbocycles. The average molecular weight is 483 g/mol. The molecule has 2 heterocycles. The van der Waals surface area contributed by atoms with Gasteiger partial charge in [-0.3, -0.25) is 4.90 Å². The van der Waals surface area contributed by atoms with Crippen LogP contribution in [-0.2, 0) is 4.74 Å². The lowest BCUT2D eigenvalue weighted by Crippen LogP contribution is -2.37. The molecule has 0 atom stereocenters. The van der Waals surface area contributed by atoms with Crippen LogP contribution in [0.15, 0.2) is 36.7 Å². The predicted molar refractivity (Wildman–Crippen MR) is 125 cm³/mol. The number of nitrogens with zero attached hydrogens (tertiary/aromatic N) is 3. The van der Waals surface area contributed by atoms with Gasteiger partial charge in [-0.25, -0.2) is 14.4 Å². The fourth-order valence-corrected chi connectivity index (χ4v) is 3.56. The van der Waals surface area contributed by atoms with Crippen LogP contribution in [0.2, 0.25) is 5.02 Å². The van der Waals surface area contributed by atoms with E-state index in [1.54, 1.807) is 13.2 Å². The molecule has 0 saturated carbocycles. The second kappa shape index (κ2) is 11.5. The Kier molecular flexibility index (Phi) is 8.69. The van der Waals surface area contributed by atoms with Gasteiger partial charge >= 0.3 is 0 Å². The number of benzene rings is 2. The number of ether oxygens (including phenoxy) is 3. The SMILES string of the molecule is COc1cc2ncnc(Nc3ccc(Cl)c(F)c3)c2cc1OCCCN1CCOCC1.Cl. The van der Waals surface area contributed by atoms with Crippen LogP contribution in [0.3, 0.4) is 0 Å². The number of aromatic nitrogens is 2. The summed E-state index contributed by atoms with van der Waals surface area (Å²) in [5, 5.41) is 3.93. The summed E-state index contributed by atoms with van der Waals surface area (Å²) in [5.41, 5.74) is 1.22. The molecule has 1 aliphatic heterocycles. The summed E-state index contributed by atoms with van der Waals surface area (Å²) in [7, 11) is 1.60. The van der Waals surface area contributed by atoms with Gasteiger partial charge in [0.1, 0.15) is 18.0 Å². The molecule has 0 spiro atoms. The van der Waals surface area contributed by atoms with Crippen molar-refractivity contribution in [2.45, 2.75) is 6.42 Å². The molecule has 0 radical (unpaired) electrons. The molecule has 1 aromatic heterocycles. The van der Waals surface area contributed by atoms with Crippen molar-refractivity contribution in [2.75, 3.05) is 51.9 Å². The number of morpholine rings is 1. The number of hydrogen-bond donors (Lipinski definition) is 1. The van der Waals surface area contributed by atoms with Crippen LogP contribution in [0, 0.1) is 5.82 Å². The van der Waals surface area contributed by atoms with Gasteiger partial charge in [-0.15, -0.1) is 12.4 Å². The van der Waals surface area contributed by atoms with E-state index >= 15 is 0 Å². The van der Waals surface area contributed by atoms with E-state index < -0.39 is 5.82 Å². The van der Waals surface area contributed by atoms with E-state index in [0.29, 0.717) is 35.1 Å². The number of fused-ring (bicyclic) bond motifs is 1. The zero-order valence-corrected chi connectivity index (χ0v) is 19.2.